The van der Waals surface area contributed by atoms with E-state index in [2.05, 4.69) is 0 Å². The van der Waals surface area contributed by atoms with Gasteiger partial charge in [-0.05, 0) is 26.0 Å². The molecule has 9 heteroatoms. The minimum absolute atomic E-state index is 0.0816. The highest BCUT2D eigenvalue weighted by atomic mass is 16.6. The average molecular weight is 375 g/mol. The number of fused-ring (bicyclic) bond motifs is 1. The fraction of sp³-hybridized carbons (Fsp3) is 0.444. The molecular weight excluding hydrogens is 354 g/mol. The number of rotatable bonds is 6. The largest absolute Gasteiger partial charge is 0.486 e. The molecule has 27 heavy (non-hydrogen) atoms. The molecule has 9 nitrogen and oxygen atoms in total. The molecule has 0 radical (unpaired) electrons. The molecule has 1 saturated heterocycles. The minimum atomic E-state index is -0.975. The molecule has 2 aliphatic rings. The number of para-hydroxylation sites is 2. The lowest BCUT2D eigenvalue weighted by molar-refractivity contribution is -0.145. The Morgan fingerprint density at radius 2 is 1.78 bits per heavy atom. The number of carbonyl (C=O) groups excluding carboxylic acids is 4. The van der Waals surface area contributed by atoms with Crippen molar-refractivity contribution in [1.82, 2.24) is 14.7 Å². The zero-order valence-corrected chi connectivity index (χ0v) is 15.2. The third-order valence-corrected chi connectivity index (χ3v) is 4.47. The summed E-state index contributed by atoms with van der Waals surface area (Å²) in [5, 5.41) is 0. The Kier molecular flexibility index (Phi) is 5.29. The average Bonchev–Trinajstić information content (AvgIpc) is 2.88. The van der Waals surface area contributed by atoms with E-state index < -0.39 is 30.3 Å². The van der Waals surface area contributed by atoms with Gasteiger partial charge in [-0.2, -0.15) is 0 Å². The monoisotopic (exact) mass is 375 g/mol. The topological polar surface area (TPSA) is 96.5 Å². The van der Waals surface area contributed by atoms with Gasteiger partial charge >= 0.3 is 17.8 Å². The van der Waals surface area contributed by atoms with Crippen LogP contribution in [0.1, 0.15) is 13.8 Å². The summed E-state index contributed by atoms with van der Waals surface area (Å²) in [5.41, 5.74) is 0. The maximum absolute atomic E-state index is 12.6. The van der Waals surface area contributed by atoms with Crippen molar-refractivity contribution in [1.29, 1.82) is 0 Å². The van der Waals surface area contributed by atoms with Crippen LogP contribution in [0.3, 0.4) is 0 Å². The summed E-state index contributed by atoms with van der Waals surface area (Å²) in [5.74, 6) is -1.07. The molecule has 0 N–H and O–H groups in total. The van der Waals surface area contributed by atoms with Gasteiger partial charge in [0.25, 0.3) is 0 Å². The molecule has 1 aromatic carbocycles. The number of imide groups is 2. The smallest absolute Gasteiger partial charge is 0.334 e. The first-order valence-corrected chi connectivity index (χ1v) is 8.79. The van der Waals surface area contributed by atoms with E-state index >= 15 is 0 Å². The lowest BCUT2D eigenvalue weighted by Gasteiger charge is -2.31. The molecule has 0 spiro atoms. The number of benzene rings is 1. The van der Waals surface area contributed by atoms with Crippen LogP contribution in [-0.4, -0.2) is 77.3 Å². The summed E-state index contributed by atoms with van der Waals surface area (Å²) in [6, 6.07) is 6.49. The predicted octanol–water partition coefficient (Wildman–Crippen LogP) is 0.486. The Labute approximate surface area is 156 Å². The SMILES string of the molecule is CCN(C[C@@H]1COc2ccccc2O1)C(=O)CN1C(=O)C(=O)N(CC)C1=O. The third kappa shape index (κ3) is 3.57. The van der Waals surface area contributed by atoms with Crippen molar-refractivity contribution >= 4 is 23.8 Å². The van der Waals surface area contributed by atoms with E-state index in [1.807, 2.05) is 12.1 Å². The summed E-state index contributed by atoms with van der Waals surface area (Å²) in [6.45, 7) is 3.87. The molecule has 5 amide bonds. The van der Waals surface area contributed by atoms with Gasteiger partial charge < -0.3 is 14.4 Å². The molecular formula is C18H21N3O6. The van der Waals surface area contributed by atoms with Crippen LogP contribution >= 0.6 is 0 Å². The fourth-order valence-corrected chi connectivity index (χ4v) is 3.01. The Morgan fingerprint density at radius 1 is 1.11 bits per heavy atom. The Hall–Kier alpha value is -3.10. The molecule has 2 aliphatic heterocycles. The van der Waals surface area contributed by atoms with Crippen molar-refractivity contribution < 1.29 is 28.7 Å². The molecule has 1 aromatic rings. The number of urea groups is 1. The summed E-state index contributed by atoms with van der Waals surface area (Å²) < 4.78 is 11.5. The van der Waals surface area contributed by atoms with Crippen LogP contribution in [0, 0.1) is 0 Å². The van der Waals surface area contributed by atoms with Crippen molar-refractivity contribution in [2.24, 2.45) is 0 Å². The van der Waals surface area contributed by atoms with Gasteiger partial charge in [0.2, 0.25) is 5.91 Å². The predicted molar refractivity (Wildman–Crippen MR) is 93.1 cm³/mol. The quantitative estimate of drug-likeness (QED) is 0.530. The summed E-state index contributed by atoms with van der Waals surface area (Å²) >= 11 is 0. The van der Waals surface area contributed by atoms with Gasteiger partial charge in [-0.15, -0.1) is 0 Å². The minimum Gasteiger partial charge on any atom is -0.486 e. The maximum Gasteiger partial charge on any atom is 0.334 e. The highest BCUT2D eigenvalue weighted by Crippen LogP contribution is 2.31. The Balaban J connectivity index is 1.63. The molecule has 3 rings (SSSR count). The summed E-state index contributed by atoms with van der Waals surface area (Å²) in [7, 11) is 0. The van der Waals surface area contributed by atoms with E-state index in [9.17, 15) is 19.2 Å². The van der Waals surface area contributed by atoms with Gasteiger partial charge in [0, 0.05) is 13.1 Å². The van der Waals surface area contributed by atoms with Crippen LogP contribution in [-0.2, 0) is 14.4 Å². The van der Waals surface area contributed by atoms with Crippen LogP contribution < -0.4 is 9.47 Å². The van der Waals surface area contributed by atoms with E-state index in [0.29, 0.717) is 22.9 Å². The van der Waals surface area contributed by atoms with Gasteiger partial charge in [-0.3, -0.25) is 19.3 Å². The number of carbonyl (C=O) groups is 4. The van der Waals surface area contributed by atoms with Crippen LogP contribution in [0.2, 0.25) is 0 Å². The van der Waals surface area contributed by atoms with Crippen molar-refractivity contribution in [3.05, 3.63) is 24.3 Å². The lowest BCUT2D eigenvalue weighted by Crippen LogP contribution is -2.48. The zero-order chi connectivity index (χ0) is 19.6. The van der Waals surface area contributed by atoms with Gasteiger partial charge in [0.15, 0.2) is 17.6 Å². The number of hydrogen-bond donors (Lipinski definition) is 0. The molecule has 1 atom stereocenters. The van der Waals surface area contributed by atoms with E-state index in [-0.39, 0.29) is 25.8 Å². The van der Waals surface area contributed by atoms with E-state index in [4.69, 9.17) is 9.47 Å². The first kappa shape index (κ1) is 18.7. The van der Waals surface area contributed by atoms with E-state index in [0.717, 1.165) is 4.90 Å². The normalized spacial score (nSPS) is 18.9. The summed E-state index contributed by atoms with van der Waals surface area (Å²) in [6.07, 6.45) is -0.373. The Morgan fingerprint density at radius 3 is 2.41 bits per heavy atom. The molecule has 0 saturated carbocycles. The zero-order valence-electron chi connectivity index (χ0n) is 15.2. The van der Waals surface area contributed by atoms with Gasteiger partial charge in [0.05, 0.1) is 6.54 Å². The van der Waals surface area contributed by atoms with Crippen molar-refractivity contribution in [2.75, 3.05) is 32.8 Å². The second-order valence-corrected chi connectivity index (χ2v) is 6.15. The second kappa shape index (κ2) is 7.65. The number of likely N-dealkylation sites (N-methyl/N-ethyl adjacent to an activating group) is 2. The van der Waals surface area contributed by atoms with Crippen LogP contribution in [0.5, 0.6) is 11.5 Å². The summed E-state index contributed by atoms with van der Waals surface area (Å²) in [4.78, 5) is 51.4. The highest BCUT2D eigenvalue weighted by molar-refractivity contribution is 6.45. The lowest BCUT2D eigenvalue weighted by atomic mass is 10.2. The third-order valence-electron chi connectivity index (χ3n) is 4.47. The van der Waals surface area contributed by atoms with Crippen LogP contribution in [0.25, 0.3) is 0 Å². The molecule has 0 aromatic heterocycles. The fourth-order valence-electron chi connectivity index (χ4n) is 3.01. The number of ether oxygens (including phenoxy) is 2. The molecule has 2 heterocycles. The first-order chi connectivity index (χ1) is 13.0. The van der Waals surface area contributed by atoms with Crippen molar-refractivity contribution in [2.45, 2.75) is 20.0 Å². The molecule has 144 valence electrons. The molecule has 1 fully saturated rings. The van der Waals surface area contributed by atoms with Crippen molar-refractivity contribution in [3.63, 3.8) is 0 Å². The number of hydrogen-bond acceptors (Lipinski definition) is 6. The van der Waals surface area contributed by atoms with Crippen molar-refractivity contribution in [3.8, 4) is 11.5 Å². The molecule has 0 unspecified atom stereocenters. The van der Waals surface area contributed by atoms with Gasteiger partial charge in [-0.25, -0.2) is 9.69 Å². The van der Waals surface area contributed by atoms with Gasteiger partial charge in [-0.1, -0.05) is 12.1 Å². The standard InChI is InChI=1S/C18H21N3O6/c1-3-19(9-12-11-26-13-7-5-6-8-14(13)27-12)15(22)10-21-17(24)16(23)20(4-2)18(21)25/h5-8,12H,3-4,9-11H2,1-2H3/t12-/m1/s1. The highest BCUT2D eigenvalue weighted by Gasteiger charge is 2.44. The van der Waals surface area contributed by atoms with Gasteiger partial charge in [0.1, 0.15) is 13.2 Å². The number of amides is 5. The van der Waals surface area contributed by atoms with E-state index in [1.54, 1.807) is 26.0 Å². The number of nitrogens with zero attached hydrogens (tertiary/aromatic N) is 3. The van der Waals surface area contributed by atoms with Crippen LogP contribution in [0.4, 0.5) is 4.79 Å². The Bertz CT molecular complexity index is 780. The maximum atomic E-state index is 12.6. The molecule has 0 aliphatic carbocycles. The van der Waals surface area contributed by atoms with Crippen LogP contribution in [0.15, 0.2) is 24.3 Å². The second-order valence-electron chi connectivity index (χ2n) is 6.15. The van der Waals surface area contributed by atoms with E-state index in [1.165, 1.54) is 4.90 Å². The molecule has 0 bridgehead atoms. The first-order valence-electron chi connectivity index (χ1n) is 8.79.